The highest BCUT2D eigenvalue weighted by Gasteiger charge is 2.36. The minimum atomic E-state index is -3.13. The predicted octanol–water partition coefficient (Wildman–Crippen LogP) is 0.325. The lowest BCUT2D eigenvalue weighted by Gasteiger charge is -2.25. The molecule has 1 saturated heterocycles. The van der Waals surface area contributed by atoms with Gasteiger partial charge < -0.3 is 5.32 Å². The minimum absolute atomic E-state index is 0.0387. The van der Waals surface area contributed by atoms with Crippen LogP contribution < -0.4 is 5.32 Å². The highest BCUT2D eigenvalue weighted by molar-refractivity contribution is 7.88. The number of amides is 1. The molecule has 5 nitrogen and oxygen atoms in total. The molecule has 1 N–H and O–H groups in total. The number of nitrogens with one attached hydrogen (secondary N) is 1. The van der Waals surface area contributed by atoms with Gasteiger partial charge in [0.25, 0.3) is 0 Å². The Labute approximate surface area is 97.2 Å². The topological polar surface area (TPSA) is 66.5 Å². The van der Waals surface area contributed by atoms with Gasteiger partial charge in [-0.25, -0.2) is 8.42 Å². The van der Waals surface area contributed by atoms with Crippen LogP contribution in [0.3, 0.4) is 0 Å². The van der Waals surface area contributed by atoms with Crippen molar-refractivity contribution in [2.75, 3.05) is 12.8 Å². The highest BCUT2D eigenvalue weighted by Crippen LogP contribution is 2.28. The molecule has 1 heterocycles. The average molecular weight is 248 g/mol. The first-order valence-electron chi connectivity index (χ1n) is 5.55. The van der Waals surface area contributed by atoms with Gasteiger partial charge >= 0.3 is 0 Å². The van der Waals surface area contributed by atoms with Gasteiger partial charge in [-0.05, 0) is 26.2 Å². The summed E-state index contributed by atoms with van der Waals surface area (Å²) < 4.78 is 24.8. The minimum Gasteiger partial charge on any atom is -0.356 e. The molecule has 2 atom stereocenters. The van der Waals surface area contributed by atoms with Gasteiger partial charge in [-0.3, -0.25) is 4.79 Å². The van der Waals surface area contributed by atoms with Crippen molar-refractivity contribution in [1.82, 2.24) is 9.62 Å². The van der Waals surface area contributed by atoms with Gasteiger partial charge in [-0.15, -0.1) is 0 Å². The van der Waals surface area contributed by atoms with Crippen molar-refractivity contribution in [3.05, 3.63) is 0 Å². The van der Waals surface area contributed by atoms with Crippen LogP contribution in [0.1, 0.15) is 33.1 Å². The number of rotatable bonds is 4. The molecule has 2 unspecified atom stereocenters. The van der Waals surface area contributed by atoms with Crippen LogP contribution >= 0.6 is 0 Å². The summed E-state index contributed by atoms with van der Waals surface area (Å²) in [4.78, 5) is 10.7. The zero-order valence-corrected chi connectivity index (χ0v) is 10.9. The molecule has 16 heavy (non-hydrogen) atoms. The molecule has 1 rings (SSSR count). The molecule has 1 aliphatic heterocycles. The maximum Gasteiger partial charge on any atom is 0.216 e. The van der Waals surface area contributed by atoms with Crippen LogP contribution in [0.2, 0.25) is 0 Å². The lowest BCUT2D eigenvalue weighted by molar-refractivity contribution is -0.118. The SMILES string of the molecule is CC(=O)NCCC1CCC(C)N1S(C)(=O)=O. The largest absolute Gasteiger partial charge is 0.356 e. The van der Waals surface area contributed by atoms with Crippen LogP contribution in [-0.4, -0.2) is 43.5 Å². The second-order valence-electron chi connectivity index (χ2n) is 4.44. The van der Waals surface area contributed by atoms with Gasteiger partial charge in [0.05, 0.1) is 6.26 Å². The summed E-state index contributed by atoms with van der Waals surface area (Å²) in [6.45, 7) is 3.93. The lowest BCUT2D eigenvalue weighted by Crippen LogP contribution is -2.40. The second kappa shape index (κ2) is 5.14. The van der Waals surface area contributed by atoms with Crippen molar-refractivity contribution in [2.45, 2.75) is 45.2 Å². The monoisotopic (exact) mass is 248 g/mol. The fourth-order valence-corrected chi connectivity index (χ4v) is 3.84. The number of hydrogen-bond donors (Lipinski definition) is 1. The third-order valence-electron chi connectivity index (χ3n) is 2.95. The second-order valence-corrected chi connectivity index (χ2v) is 6.33. The number of carbonyl (C=O) groups excluding carboxylic acids is 1. The normalized spacial score (nSPS) is 26.9. The fourth-order valence-electron chi connectivity index (χ4n) is 2.33. The predicted molar refractivity (Wildman–Crippen MR) is 62.5 cm³/mol. The Bertz CT molecular complexity index is 353. The third-order valence-corrected chi connectivity index (χ3v) is 4.37. The summed E-state index contributed by atoms with van der Waals surface area (Å²) in [7, 11) is -3.13. The van der Waals surface area contributed by atoms with Crippen LogP contribution in [0.5, 0.6) is 0 Å². The Kier molecular flexibility index (Phi) is 4.32. The van der Waals surface area contributed by atoms with Gasteiger partial charge in [0, 0.05) is 25.6 Å². The smallest absolute Gasteiger partial charge is 0.216 e. The van der Waals surface area contributed by atoms with E-state index in [0.717, 1.165) is 12.8 Å². The van der Waals surface area contributed by atoms with E-state index in [2.05, 4.69) is 5.32 Å². The molecule has 0 aromatic rings. The van der Waals surface area contributed by atoms with Crippen LogP contribution in [0, 0.1) is 0 Å². The molecule has 0 aromatic carbocycles. The number of hydrogen-bond acceptors (Lipinski definition) is 3. The maximum absolute atomic E-state index is 11.6. The maximum atomic E-state index is 11.6. The van der Waals surface area contributed by atoms with E-state index in [4.69, 9.17) is 0 Å². The van der Waals surface area contributed by atoms with E-state index in [1.54, 1.807) is 4.31 Å². The van der Waals surface area contributed by atoms with E-state index in [1.165, 1.54) is 13.2 Å². The number of carbonyl (C=O) groups is 1. The molecule has 0 spiro atoms. The number of nitrogens with zero attached hydrogens (tertiary/aromatic N) is 1. The molecule has 0 saturated carbocycles. The van der Waals surface area contributed by atoms with Crippen molar-refractivity contribution in [3.8, 4) is 0 Å². The van der Waals surface area contributed by atoms with E-state index in [9.17, 15) is 13.2 Å². The van der Waals surface area contributed by atoms with Crippen molar-refractivity contribution >= 4 is 15.9 Å². The summed E-state index contributed by atoms with van der Waals surface area (Å²) in [6, 6.07) is 0.120. The van der Waals surface area contributed by atoms with E-state index >= 15 is 0 Å². The summed E-state index contributed by atoms with van der Waals surface area (Å²) in [5.74, 6) is -0.0723. The standard InChI is InChI=1S/C10H20N2O3S/c1-8-4-5-10(6-7-11-9(2)13)12(8)16(3,14)15/h8,10H,4-7H2,1-3H3,(H,11,13). The first-order valence-corrected chi connectivity index (χ1v) is 7.40. The summed E-state index contributed by atoms with van der Waals surface area (Å²) in [5.41, 5.74) is 0. The summed E-state index contributed by atoms with van der Waals surface area (Å²) in [6.07, 6.45) is 3.73. The van der Waals surface area contributed by atoms with Crippen LogP contribution in [-0.2, 0) is 14.8 Å². The van der Waals surface area contributed by atoms with E-state index < -0.39 is 10.0 Å². The van der Waals surface area contributed by atoms with Crippen molar-refractivity contribution in [3.63, 3.8) is 0 Å². The molecule has 1 fully saturated rings. The first-order chi connectivity index (χ1) is 7.32. The summed E-state index contributed by atoms with van der Waals surface area (Å²) in [5, 5.41) is 2.70. The van der Waals surface area contributed by atoms with Gasteiger partial charge in [0.15, 0.2) is 0 Å². The van der Waals surface area contributed by atoms with Crippen molar-refractivity contribution in [2.24, 2.45) is 0 Å². The molecule has 0 radical (unpaired) electrons. The Morgan fingerprint density at radius 3 is 2.56 bits per heavy atom. The van der Waals surface area contributed by atoms with E-state index in [1.807, 2.05) is 6.92 Å². The molecule has 0 bridgehead atoms. The zero-order chi connectivity index (χ0) is 12.3. The van der Waals surface area contributed by atoms with Crippen LogP contribution in [0.4, 0.5) is 0 Å². The van der Waals surface area contributed by atoms with E-state index in [-0.39, 0.29) is 18.0 Å². The molecule has 6 heteroatoms. The van der Waals surface area contributed by atoms with Crippen molar-refractivity contribution in [1.29, 1.82) is 0 Å². The molecule has 0 aliphatic carbocycles. The molecule has 94 valence electrons. The first kappa shape index (κ1) is 13.4. The van der Waals surface area contributed by atoms with Gasteiger partial charge in [-0.2, -0.15) is 4.31 Å². The van der Waals surface area contributed by atoms with Gasteiger partial charge in [-0.1, -0.05) is 0 Å². The molecule has 1 amide bonds. The third kappa shape index (κ3) is 3.45. The molecule has 1 aliphatic rings. The van der Waals surface area contributed by atoms with Gasteiger partial charge in [0.1, 0.15) is 0 Å². The Morgan fingerprint density at radius 1 is 1.44 bits per heavy atom. The Morgan fingerprint density at radius 2 is 2.06 bits per heavy atom. The number of sulfonamides is 1. The average Bonchev–Trinajstić information content (AvgIpc) is 2.45. The fraction of sp³-hybridized carbons (Fsp3) is 0.900. The highest BCUT2D eigenvalue weighted by atomic mass is 32.2. The van der Waals surface area contributed by atoms with Gasteiger partial charge in [0.2, 0.25) is 15.9 Å². The molecule has 0 aromatic heterocycles. The van der Waals surface area contributed by atoms with Crippen molar-refractivity contribution < 1.29 is 13.2 Å². The molecular formula is C10H20N2O3S. The molecular weight excluding hydrogens is 228 g/mol. The Hall–Kier alpha value is -0.620. The zero-order valence-electron chi connectivity index (χ0n) is 10.1. The summed E-state index contributed by atoms with van der Waals surface area (Å²) >= 11 is 0. The quantitative estimate of drug-likeness (QED) is 0.779. The lowest BCUT2D eigenvalue weighted by atomic mass is 10.1. The van der Waals surface area contributed by atoms with Crippen LogP contribution in [0.25, 0.3) is 0 Å². The van der Waals surface area contributed by atoms with Crippen LogP contribution in [0.15, 0.2) is 0 Å². The van der Waals surface area contributed by atoms with E-state index in [0.29, 0.717) is 13.0 Å². The Balaban J connectivity index is 2.56.